The predicted molar refractivity (Wildman–Crippen MR) is 75.3 cm³/mol. The molecule has 0 aliphatic rings. The van der Waals surface area contributed by atoms with Gasteiger partial charge in [-0.3, -0.25) is 0 Å². The molecule has 0 heterocycles. The molecule has 0 bridgehead atoms. The summed E-state index contributed by atoms with van der Waals surface area (Å²) >= 11 is -2.12. The van der Waals surface area contributed by atoms with E-state index in [-0.39, 0.29) is 4.90 Å². The molecule has 0 aliphatic heterocycles. The SMILES string of the molecule is CC(C)(Oc1ccc(S(=O)O)c2ccccc12)C(=O)O. The molecule has 0 fully saturated rings. The van der Waals surface area contributed by atoms with Crippen LogP contribution in [-0.4, -0.2) is 25.4 Å². The van der Waals surface area contributed by atoms with E-state index in [0.717, 1.165) is 0 Å². The number of carboxylic acids is 1. The second kappa shape index (κ2) is 5.22. The lowest BCUT2D eigenvalue weighted by molar-refractivity contribution is -0.152. The average molecular weight is 294 g/mol. The Morgan fingerprint density at radius 1 is 1.15 bits per heavy atom. The van der Waals surface area contributed by atoms with Gasteiger partial charge in [0.25, 0.3) is 0 Å². The molecule has 2 rings (SSSR count). The topological polar surface area (TPSA) is 83.8 Å². The summed E-state index contributed by atoms with van der Waals surface area (Å²) in [5, 5.41) is 10.3. The summed E-state index contributed by atoms with van der Waals surface area (Å²) in [5.74, 6) is -0.724. The number of carboxylic acid groups (broad SMARTS) is 1. The maximum atomic E-state index is 11.3. The lowest BCUT2D eigenvalue weighted by Crippen LogP contribution is -2.37. The van der Waals surface area contributed by atoms with Crippen LogP contribution in [0.2, 0.25) is 0 Å². The van der Waals surface area contributed by atoms with Crippen LogP contribution in [0, 0.1) is 0 Å². The number of fused-ring (bicyclic) bond motifs is 1. The highest BCUT2D eigenvalue weighted by atomic mass is 32.2. The molecule has 2 aromatic rings. The predicted octanol–water partition coefficient (Wildman–Crippen LogP) is 2.66. The van der Waals surface area contributed by atoms with Crippen LogP contribution in [0.15, 0.2) is 41.3 Å². The number of hydrogen-bond donors (Lipinski definition) is 2. The van der Waals surface area contributed by atoms with Crippen LogP contribution in [-0.2, 0) is 15.9 Å². The highest BCUT2D eigenvalue weighted by molar-refractivity contribution is 7.79. The summed E-state index contributed by atoms with van der Waals surface area (Å²) in [6.07, 6.45) is 0. The Morgan fingerprint density at radius 2 is 1.75 bits per heavy atom. The zero-order chi connectivity index (χ0) is 14.9. The van der Waals surface area contributed by atoms with E-state index in [1.54, 1.807) is 24.3 Å². The summed E-state index contributed by atoms with van der Waals surface area (Å²) in [5.41, 5.74) is -1.39. The molecule has 20 heavy (non-hydrogen) atoms. The van der Waals surface area contributed by atoms with Gasteiger partial charge in [0.1, 0.15) is 5.75 Å². The lowest BCUT2D eigenvalue weighted by atomic mass is 10.1. The van der Waals surface area contributed by atoms with Crippen molar-refractivity contribution < 1.29 is 23.4 Å². The fourth-order valence-electron chi connectivity index (χ4n) is 1.80. The van der Waals surface area contributed by atoms with Crippen molar-refractivity contribution in [1.82, 2.24) is 0 Å². The Hall–Kier alpha value is -1.92. The number of aliphatic carboxylic acids is 1. The first kappa shape index (κ1) is 14.5. The largest absolute Gasteiger partial charge is 0.478 e. The Morgan fingerprint density at radius 3 is 2.30 bits per heavy atom. The summed E-state index contributed by atoms with van der Waals surface area (Å²) in [7, 11) is 0. The Bertz CT molecular complexity index is 693. The van der Waals surface area contributed by atoms with Crippen molar-refractivity contribution in [2.24, 2.45) is 0 Å². The van der Waals surface area contributed by atoms with Crippen molar-refractivity contribution in [3.8, 4) is 5.75 Å². The molecule has 0 aromatic heterocycles. The molecule has 0 amide bonds. The lowest BCUT2D eigenvalue weighted by Gasteiger charge is -2.22. The van der Waals surface area contributed by atoms with Gasteiger partial charge in [0.05, 0.1) is 4.90 Å². The van der Waals surface area contributed by atoms with E-state index in [2.05, 4.69) is 0 Å². The molecule has 106 valence electrons. The number of hydrogen-bond acceptors (Lipinski definition) is 3. The molecule has 1 atom stereocenters. The zero-order valence-corrected chi connectivity index (χ0v) is 11.8. The number of ether oxygens (including phenoxy) is 1. The summed E-state index contributed by atoms with van der Waals surface area (Å²) in [4.78, 5) is 11.4. The zero-order valence-electron chi connectivity index (χ0n) is 11.0. The molecule has 0 spiro atoms. The van der Waals surface area contributed by atoms with Gasteiger partial charge in [0.2, 0.25) is 0 Å². The Balaban J connectivity index is 2.60. The van der Waals surface area contributed by atoms with Crippen molar-refractivity contribution in [3.63, 3.8) is 0 Å². The van der Waals surface area contributed by atoms with E-state index in [1.807, 2.05) is 0 Å². The van der Waals surface area contributed by atoms with Crippen LogP contribution in [0.4, 0.5) is 0 Å². The van der Waals surface area contributed by atoms with Gasteiger partial charge in [0, 0.05) is 10.8 Å². The minimum atomic E-state index is -2.12. The highest BCUT2D eigenvalue weighted by Gasteiger charge is 2.30. The Labute approximate surface area is 118 Å². The number of rotatable bonds is 4. The van der Waals surface area contributed by atoms with Crippen LogP contribution < -0.4 is 4.74 Å². The van der Waals surface area contributed by atoms with Gasteiger partial charge in [-0.25, -0.2) is 9.00 Å². The Kier molecular flexibility index (Phi) is 3.78. The molecular weight excluding hydrogens is 280 g/mol. The first-order valence-corrected chi connectivity index (χ1v) is 6.98. The van der Waals surface area contributed by atoms with E-state index in [0.29, 0.717) is 16.5 Å². The van der Waals surface area contributed by atoms with Crippen LogP contribution in [0.5, 0.6) is 5.75 Å². The number of carbonyl (C=O) groups is 1. The van der Waals surface area contributed by atoms with Crippen LogP contribution >= 0.6 is 0 Å². The molecule has 1 unspecified atom stereocenters. The first-order valence-electron chi connectivity index (χ1n) is 5.88. The standard InChI is InChI=1S/C14H14O5S/c1-14(2,13(15)16)19-11-7-8-12(20(17)18)10-6-4-3-5-9(10)11/h3-8H,1-2H3,(H,15,16)(H,17,18). The van der Waals surface area contributed by atoms with Crippen LogP contribution in [0.3, 0.4) is 0 Å². The second-order valence-electron chi connectivity index (χ2n) is 4.77. The summed E-state index contributed by atoms with van der Waals surface area (Å²) in [6, 6.07) is 9.89. The van der Waals surface area contributed by atoms with E-state index in [4.69, 9.17) is 9.84 Å². The van der Waals surface area contributed by atoms with Crippen molar-refractivity contribution in [3.05, 3.63) is 36.4 Å². The maximum Gasteiger partial charge on any atom is 0.347 e. The van der Waals surface area contributed by atoms with Crippen LogP contribution in [0.1, 0.15) is 13.8 Å². The van der Waals surface area contributed by atoms with Crippen molar-refractivity contribution in [2.75, 3.05) is 0 Å². The van der Waals surface area contributed by atoms with Gasteiger partial charge < -0.3 is 14.4 Å². The minimum absolute atomic E-state index is 0.265. The quantitative estimate of drug-likeness (QED) is 0.847. The molecule has 0 radical (unpaired) electrons. The fraction of sp³-hybridized carbons (Fsp3) is 0.214. The van der Waals surface area contributed by atoms with Crippen molar-refractivity contribution in [1.29, 1.82) is 0 Å². The maximum absolute atomic E-state index is 11.3. The molecule has 5 nitrogen and oxygen atoms in total. The van der Waals surface area contributed by atoms with E-state index in [9.17, 15) is 13.6 Å². The van der Waals surface area contributed by atoms with Crippen LogP contribution in [0.25, 0.3) is 10.8 Å². The third-order valence-electron chi connectivity index (χ3n) is 2.91. The van der Waals surface area contributed by atoms with Gasteiger partial charge in [-0.05, 0) is 26.0 Å². The van der Waals surface area contributed by atoms with Gasteiger partial charge in [-0.2, -0.15) is 0 Å². The second-order valence-corrected chi connectivity index (χ2v) is 5.71. The van der Waals surface area contributed by atoms with E-state index < -0.39 is 22.7 Å². The smallest absolute Gasteiger partial charge is 0.347 e. The van der Waals surface area contributed by atoms with E-state index in [1.165, 1.54) is 26.0 Å². The van der Waals surface area contributed by atoms with Gasteiger partial charge in [-0.15, -0.1) is 0 Å². The van der Waals surface area contributed by atoms with Crippen molar-refractivity contribution in [2.45, 2.75) is 24.3 Å². The number of benzene rings is 2. The molecule has 2 aromatic carbocycles. The monoisotopic (exact) mass is 294 g/mol. The third-order valence-corrected chi connectivity index (χ3v) is 3.64. The first-order chi connectivity index (χ1) is 9.33. The molecular formula is C14H14O5S. The van der Waals surface area contributed by atoms with Gasteiger partial charge >= 0.3 is 5.97 Å². The molecule has 2 N–H and O–H groups in total. The fourth-order valence-corrected chi connectivity index (χ4v) is 2.35. The van der Waals surface area contributed by atoms with Gasteiger partial charge in [-0.1, -0.05) is 24.3 Å². The summed E-state index contributed by atoms with van der Waals surface area (Å²) in [6.45, 7) is 2.89. The molecule has 0 aliphatic carbocycles. The average Bonchev–Trinajstić information content (AvgIpc) is 2.38. The van der Waals surface area contributed by atoms with E-state index >= 15 is 0 Å². The molecule has 6 heteroatoms. The van der Waals surface area contributed by atoms with Gasteiger partial charge in [0.15, 0.2) is 16.7 Å². The minimum Gasteiger partial charge on any atom is -0.478 e. The van der Waals surface area contributed by atoms with Crippen molar-refractivity contribution >= 4 is 27.8 Å². The third kappa shape index (κ3) is 2.66. The molecule has 0 saturated heterocycles. The highest BCUT2D eigenvalue weighted by Crippen LogP contribution is 2.32. The normalized spacial score (nSPS) is 13.2. The molecule has 0 saturated carbocycles. The summed E-state index contributed by atoms with van der Waals surface area (Å²) < 4.78 is 26.1.